The van der Waals surface area contributed by atoms with Gasteiger partial charge in [-0.05, 0) is 25.7 Å². The van der Waals surface area contributed by atoms with Crippen LogP contribution in [0.2, 0.25) is 0 Å². The Kier molecular flexibility index (Phi) is 1.75. The summed E-state index contributed by atoms with van der Waals surface area (Å²) in [6.45, 7) is 0. The molecule has 0 spiro atoms. The molecule has 0 amide bonds. The normalized spacial score (nSPS) is 21.6. The molecule has 0 N–H and O–H groups in total. The van der Waals surface area contributed by atoms with Crippen LogP contribution in [0.25, 0.3) is 0 Å². The molecule has 1 aliphatic carbocycles. The molecule has 0 saturated carbocycles. The molecule has 0 bridgehead atoms. The van der Waals surface area contributed by atoms with E-state index in [9.17, 15) is 0 Å². The molecular formula is C6H8Cl. The van der Waals surface area contributed by atoms with Crippen LogP contribution in [0.4, 0.5) is 0 Å². The van der Waals surface area contributed by atoms with E-state index in [1.807, 2.05) is 6.08 Å². The summed E-state index contributed by atoms with van der Waals surface area (Å²) in [5, 5.41) is 1.01. The predicted octanol–water partition coefficient (Wildman–Crippen LogP) is 2.50. The summed E-state index contributed by atoms with van der Waals surface area (Å²) < 4.78 is 0. The molecule has 1 rings (SSSR count). The highest BCUT2D eigenvalue weighted by atomic mass is 35.5. The van der Waals surface area contributed by atoms with Gasteiger partial charge in [-0.1, -0.05) is 17.7 Å². The number of hydrogen-bond donors (Lipinski definition) is 0. The fourth-order valence-corrected chi connectivity index (χ4v) is 0.906. The van der Waals surface area contributed by atoms with Crippen molar-refractivity contribution in [3.63, 3.8) is 0 Å². The molecule has 0 atom stereocenters. The maximum Gasteiger partial charge on any atom is 0.0144 e. The predicted molar refractivity (Wildman–Crippen MR) is 32.1 cm³/mol. The minimum absolute atomic E-state index is 1.01. The topological polar surface area (TPSA) is 0 Å². The van der Waals surface area contributed by atoms with Crippen LogP contribution in [0, 0.1) is 6.42 Å². The Balaban J connectivity index is 2.40. The van der Waals surface area contributed by atoms with Gasteiger partial charge in [0, 0.05) is 5.03 Å². The number of hydrogen-bond acceptors (Lipinski definition) is 0. The van der Waals surface area contributed by atoms with Gasteiger partial charge in [-0.25, -0.2) is 0 Å². The smallest absolute Gasteiger partial charge is 0.0144 e. The van der Waals surface area contributed by atoms with Crippen molar-refractivity contribution in [2.45, 2.75) is 19.3 Å². The Morgan fingerprint density at radius 1 is 1.57 bits per heavy atom. The van der Waals surface area contributed by atoms with Crippen LogP contribution in [0.3, 0.4) is 0 Å². The molecule has 0 unspecified atom stereocenters. The lowest BCUT2D eigenvalue weighted by molar-refractivity contribution is 0.806. The van der Waals surface area contributed by atoms with Gasteiger partial charge >= 0.3 is 0 Å². The first-order chi connectivity index (χ1) is 3.39. The average molecular weight is 116 g/mol. The highest BCUT2D eigenvalue weighted by molar-refractivity contribution is 6.29. The number of rotatable bonds is 0. The van der Waals surface area contributed by atoms with Crippen molar-refractivity contribution in [3.8, 4) is 0 Å². The van der Waals surface area contributed by atoms with E-state index >= 15 is 0 Å². The van der Waals surface area contributed by atoms with Crippen molar-refractivity contribution in [1.82, 2.24) is 0 Å². The quantitative estimate of drug-likeness (QED) is 0.455. The lowest BCUT2D eigenvalue weighted by Gasteiger charge is -2.03. The maximum absolute atomic E-state index is 5.65. The third kappa shape index (κ3) is 1.52. The fourth-order valence-electron chi connectivity index (χ4n) is 0.683. The molecular weight excluding hydrogens is 108 g/mol. The average Bonchev–Trinajstić information content (AvgIpc) is 1.69. The Bertz CT molecular complexity index is 84.2. The van der Waals surface area contributed by atoms with Crippen LogP contribution in [0.15, 0.2) is 11.1 Å². The number of halogens is 1. The molecule has 1 aliphatic rings. The summed E-state index contributed by atoms with van der Waals surface area (Å²) in [4.78, 5) is 0. The van der Waals surface area contributed by atoms with Crippen LogP contribution >= 0.6 is 11.6 Å². The zero-order chi connectivity index (χ0) is 5.11. The molecule has 0 aliphatic heterocycles. The summed E-state index contributed by atoms with van der Waals surface area (Å²) in [7, 11) is 0. The van der Waals surface area contributed by atoms with Gasteiger partial charge < -0.3 is 0 Å². The minimum atomic E-state index is 1.01. The molecule has 39 valence electrons. The summed E-state index contributed by atoms with van der Waals surface area (Å²) >= 11 is 5.65. The zero-order valence-corrected chi connectivity index (χ0v) is 4.91. The fraction of sp³-hybridized carbons (Fsp3) is 0.500. The molecule has 0 aromatic rings. The van der Waals surface area contributed by atoms with Gasteiger partial charge in [-0.3, -0.25) is 0 Å². The second kappa shape index (κ2) is 2.37. The molecule has 7 heavy (non-hydrogen) atoms. The third-order valence-electron chi connectivity index (χ3n) is 1.09. The van der Waals surface area contributed by atoms with Crippen LogP contribution in [0.1, 0.15) is 19.3 Å². The highest BCUT2D eigenvalue weighted by Gasteiger charge is 1.97. The first-order valence-corrected chi connectivity index (χ1v) is 2.95. The van der Waals surface area contributed by atoms with Crippen molar-refractivity contribution in [2.24, 2.45) is 0 Å². The van der Waals surface area contributed by atoms with Crippen LogP contribution in [0.5, 0.6) is 0 Å². The summed E-state index contributed by atoms with van der Waals surface area (Å²) in [5.41, 5.74) is 0. The molecule has 0 saturated heterocycles. The van der Waals surface area contributed by atoms with E-state index in [0.29, 0.717) is 0 Å². The number of allylic oxidation sites excluding steroid dienone is 2. The zero-order valence-electron chi connectivity index (χ0n) is 4.15. The van der Waals surface area contributed by atoms with E-state index in [1.54, 1.807) is 0 Å². The maximum atomic E-state index is 5.65. The van der Waals surface area contributed by atoms with Crippen molar-refractivity contribution in [3.05, 3.63) is 17.5 Å². The van der Waals surface area contributed by atoms with E-state index < -0.39 is 0 Å². The van der Waals surface area contributed by atoms with Crippen LogP contribution in [-0.4, -0.2) is 0 Å². The van der Waals surface area contributed by atoms with Gasteiger partial charge in [0.1, 0.15) is 0 Å². The van der Waals surface area contributed by atoms with Crippen molar-refractivity contribution in [1.29, 1.82) is 0 Å². The lowest BCUT2D eigenvalue weighted by atomic mass is 10.1. The molecule has 0 aromatic carbocycles. The van der Waals surface area contributed by atoms with Crippen LogP contribution in [-0.2, 0) is 0 Å². The second-order valence-electron chi connectivity index (χ2n) is 1.74. The van der Waals surface area contributed by atoms with E-state index in [-0.39, 0.29) is 0 Å². The van der Waals surface area contributed by atoms with Gasteiger partial charge in [-0.2, -0.15) is 0 Å². The minimum Gasteiger partial charge on any atom is -0.0895 e. The van der Waals surface area contributed by atoms with Gasteiger partial charge in [0.2, 0.25) is 0 Å². The summed E-state index contributed by atoms with van der Waals surface area (Å²) in [5.74, 6) is 0. The summed E-state index contributed by atoms with van der Waals surface area (Å²) in [6, 6.07) is 0. The lowest BCUT2D eigenvalue weighted by Crippen LogP contribution is -1.84. The molecule has 0 nitrogen and oxygen atoms in total. The Morgan fingerprint density at radius 3 is 2.71 bits per heavy atom. The Hall–Kier alpha value is 0.0300. The van der Waals surface area contributed by atoms with E-state index in [1.165, 1.54) is 12.8 Å². The highest BCUT2D eigenvalue weighted by Crippen LogP contribution is 2.18. The first-order valence-electron chi connectivity index (χ1n) is 2.57. The Labute approximate surface area is 49.2 Å². The van der Waals surface area contributed by atoms with E-state index in [0.717, 1.165) is 11.5 Å². The molecule has 1 heteroatoms. The molecule has 0 fully saturated rings. The van der Waals surface area contributed by atoms with Gasteiger partial charge in [0.15, 0.2) is 0 Å². The standard InChI is InChI=1S/C6H8Cl/c7-6-4-2-1-3-5-6/h2,4H,1,3,5H2. The largest absolute Gasteiger partial charge is 0.0895 e. The van der Waals surface area contributed by atoms with Crippen molar-refractivity contribution < 1.29 is 0 Å². The molecule has 0 aromatic heterocycles. The van der Waals surface area contributed by atoms with Crippen LogP contribution < -0.4 is 0 Å². The SMILES string of the molecule is ClC1=C[CH]CCC1. The third-order valence-corrected chi connectivity index (χ3v) is 1.40. The van der Waals surface area contributed by atoms with Crippen molar-refractivity contribution in [2.75, 3.05) is 0 Å². The van der Waals surface area contributed by atoms with E-state index in [4.69, 9.17) is 11.6 Å². The molecule has 1 radical (unpaired) electrons. The second-order valence-corrected chi connectivity index (χ2v) is 2.23. The first kappa shape index (κ1) is 5.17. The monoisotopic (exact) mass is 115 g/mol. The van der Waals surface area contributed by atoms with Crippen molar-refractivity contribution >= 4 is 11.6 Å². The summed E-state index contributed by atoms with van der Waals surface area (Å²) in [6.07, 6.45) is 7.63. The van der Waals surface area contributed by atoms with Gasteiger partial charge in [-0.15, -0.1) is 0 Å². The van der Waals surface area contributed by atoms with Gasteiger partial charge in [0.25, 0.3) is 0 Å². The van der Waals surface area contributed by atoms with E-state index in [2.05, 4.69) is 6.42 Å². The Morgan fingerprint density at radius 2 is 2.43 bits per heavy atom. The van der Waals surface area contributed by atoms with Gasteiger partial charge in [0.05, 0.1) is 0 Å². The molecule has 0 heterocycles.